The molecule has 1 heterocycles. The lowest BCUT2D eigenvalue weighted by Crippen LogP contribution is -2.55. The van der Waals surface area contributed by atoms with Gasteiger partial charge in [0.05, 0.1) is 13.2 Å². The number of aliphatic hydroxyl groups is 2. The zero-order valence-corrected chi connectivity index (χ0v) is 11.3. The number of ether oxygens (including phenoxy) is 2. The van der Waals surface area contributed by atoms with E-state index in [0.29, 0.717) is 18.9 Å². The normalized spacial score (nSPS) is 23.6. The molecule has 2 rings (SSSR count). The average Bonchev–Trinajstić information content (AvgIpc) is 2.87. The minimum atomic E-state index is -1.04. The lowest BCUT2D eigenvalue weighted by Gasteiger charge is -2.39. The van der Waals surface area contributed by atoms with Crippen molar-refractivity contribution in [3.05, 3.63) is 29.8 Å². The molecule has 0 amide bonds. The van der Waals surface area contributed by atoms with E-state index in [1.807, 2.05) is 24.3 Å². The first-order chi connectivity index (χ1) is 8.99. The van der Waals surface area contributed by atoms with Crippen molar-refractivity contribution in [3.63, 3.8) is 0 Å². The second-order valence-corrected chi connectivity index (χ2v) is 5.11. The van der Waals surface area contributed by atoms with Gasteiger partial charge >= 0.3 is 0 Å². The minimum Gasteiger partial charge on any atom is -0.491 e. The quantitative estimate of drug-likeness (QED) is 0.729. The van der Waals surface area contributed by atoms with Crippen LogP contribution in [0, 0.1) is 0 Å². The Hall–Kier alpha value is -1.14. The van der Waals surface area contributed by atoms with Crippen molar-refractivity contribution in [3.8, 4) is 5.75 Å². The summed E-state index contributed by atoms with van der Waals surface area (Å²) in [6.07, 6.45) is 0. The predicted molar refractivity (Wildman–Crippen MR) is 71.0 cm³/mol. The molecule has 106 valence electrons. The van der Waals surface area contributed by atoms with Gasteiger partial charge in [-0.1, -0.05) is 12.1 Å². The monoisotopic (exact) mass is 267 g/mol. The van der Waals surface area contributed by atoms with Crippen molar-refractivity contribution in [2.75, 3.05) is 26.4 Å². The van der Waals surface area contributed by atoms with E-state index in [1.165, 1.54) is 0 Å². The van der Waals surface area contributed by atoms with E-state index in [-0.39, 0.29) is 13.2 Å². The Balaban J connectivity index is 2.24. The second kappa shape index (κ2) is 5.46. The Bertz CT molecular complexity index is 404. The molecule has 1 fully saturated rings. The third-order valence-electron chi connectivity index (χ3n) is 3.28. The average molecular weight is 267 g/mol. The molecule has 1 atom stereocenters. The predicted octanol–water partition coefficient (Wildman–Crippen LogP) is 0.601. The van der Waals surface area contributed by atoms with Crippen molar-refractivity contribution in [2.24, 2.45) is 0 Å². The molecule has 1 aromatic carbocycles. The molecule has 1 unspecified atom stereocenters. The van der Waals surface area contributed by atoms with Gasteiger partial charge in [0.1, 0.15) is 18.0 Å². The molecule has 3 N–H and O–H groups in total. The van der Waals surface area contributed by atoms with Crippen LogP contribution in [0.3, 0.4) is 0 Å². The van der Waals surface area contributed by atoms with Gasteiger partial charge in [-0.3, -0.25) is 5.32 Å². The zero-order chi connectivity index (χ0) is 13.9. The van der Waals surface area contributed by atoms with Crippen molar-refractivity contribution in [2.45, 2.75) is 25.2 Å². The summed E-state index contributed by atoms with van der Waals surface area (Å²) in [7, 11) is 0. The van der Waals surface area contributed by atoms with Crippen LogP contribution in [0.4, 0.5) is 0 Å². The molecule has 5 nitrogen and oxygen atoms in total. The van der Waals surface area contributed by atoms with E-state index in [9.17, 15) is 5.11 Å². The molecule has 1 aliphatic rings. The van der Waals surface area contributed by atoms with Gasteiger partial charge < -0.3 is 19.7 Å². The first kappa shape index (κ1) is 14.3. The third kappa shape index (κ3) is 2.74. The van der Waals surface area contributed by atoms with Gasteiger partial charge in [-0.15, -0.1) is 0 Å². The third-order valence-corrected chi connectivity index (χ3v) is 3.28. The summed E-state index contributed by atoms with van der Waals surface area (Å²) in [5.41, 5.74) is -1.08. The molecule has 0 saturated carbocycles. The highest BCUT2D eigenvalue weighted by atomic mass is 16.5. The smallest absolute Gasteiger partial charge is 0.173 e. The van der Waals surface area contributed by atoms with Crippen LogP contribution in [-0.2, 0) is 10.5 Å². The maximum atomic E-state index is 10.4. The summed E-state index contributed by atoms with van der Waals surface area (Å²) in [4.78, 5) is 0. The molecule has 1 aliphatic heterocycles. The Morgan fingerprint density at radius 1 is 1.37 bits per heavy atom. The van der Waals surface area contributed by atoms with E-state index < -0.39 is 11.3 Å². The molecular formula is C14H21NO4. The highest BCUT2D eigenvalue weighted by Gasteiger charge is 2.49. The molecular weight excluding hydrogens is 246 g/mol. The number of nitrogens with one attached hydrogen (secondary N) is 1. The van der Waals surface area contributed by atoms with E-state index in [4.69, 9.17) is 14.6 Å². The van der Waals surface area contributed by atoms with Gasteiger partial charge in [-0.2, -0.15) is 0 Å². The summed E-state index contributed by atoms with van der Waals surface area (Å²) in [5.74, 6) is 0.682. The molecule has 0 spiro atoms. The van der Waals surface area contributed by atoms with Gasteiger partial charge in [-0.05, 0) is 26.0 Å². The van der Waals surface area contributed by atoms with Crippen molar-refractivity contribution >= 4 is 0 Å². The molecule has 19 heavy (non-hydrogen) atoms. The number of benzene rings is 1. The van der Waals surface area contributed by atoms with Crippen molar-refractivity contribution in [1.29, 1.82) is 0 Å². The first-order valence-electron chi connectivity index (χ1n) is 6.45. The van der Waals surface area contributed by atoms with Gasteiger partial charge in [0.25, 0.3) is 0 Å². The largest absolute Gasteiger partial charge is 0.491 e. The molecule has 0 bridgehead atoms. The number of aliphatic hydroxyl groups excluding tert-OH is 1. The summed E-state index contributed by atoms with van der Waals surface area (Å²) >= 11 is 0. The van der Waals surface area contributed by atoms with Crippen LogP contribution in [0.25, 0.3) is 0 Å². The lowest BCUT2D eigenvalue weighted by atomic mass is 9.87. The zero-order valence-electron chi connectivity index (χ0n) is 11.3. The lowest BCUT2D eigenvalue weighted by molar-refractivity contribution is -0.159. The van der Waals surface area contributed by atoms with Crippen LogP contribution in [0.2, 0.25) is 0 Å². The number of rotatable bonds is 5. The highest BCUT2D eigenvalue weighted by Crippen LogP contribution is 2.37. The maximum Gasteiger partial charge on any atom is 0.173 e. The van der Waals surface area contributed by atoms with Crippen LogP contribution in [0.5, 0.6) is 5.75 Å². The van der Waals surface area contributed by atoms with Crippen LogP contribution in [0.15, 0.2) is 24.3 Å². The molecule has 5 heteroatoms. The van der Waals surface area contributed by atoms with Gasteiger partial charge in [0.15, 0.2) is 5.72 Å². The van der Waals surface area contributed by atoms with Gasteiger partial charge in [0, 0.05) is 12.1 Å². The fraction of sp³-hybridized carbons (Fsp3) is 0.571. The number of hydrogen-bond acceptors (Lipinski definition) is 5. The van der Waals surface area contributed by atoms with Crippen LogP contribution in [0.1, 0.15) is 19.4 Å². The summed E-state index contributed by atoms with van der Waals surface area (Å²) in [6.45, 7) is 4.97. The Morgan fingerprint density at radius 3 is 2.53 bits per heavy atom. The summed E-state index contributed by atoms with van der Waals surface area (Å²) in [5, 5.41) is 22.3. The molecule has 1 saturated heterocycles. The summed E-state index contributed by atoms with van der Waals surface area (Å²) in [6, 6.07) is 7.34. The van der Waals surface area contributed by atoms with Gasteiger partial charge in [0.2, 0.25) is 0 Å². The van der Waals surface area contributed by atoms with Crippen molar-refractivity contribution < 1.29 is 19.7 Å². The van der Waals surface area contributed by atoms with Crippen molar-refractivity contribution in [1.82, 2.24) is 5.32 Å². The van der Waals surface area contributed by atoms with E-state index >= 15 is 0 Å². The number of hydrogen-bond donors (Lipinski definition) is 3. The molecule has 0 aliphatic carbocycles. The van der Waals surface area contributed by atoms with Crippen LogP contribution in [-0.4, -0.2) is 42.2 Å². The van der Waals surface area contributed by atoms with Gasteiger partial charge in [-0.25, -0.2) is 0 Å². The van der Waals surface area contributed by atoms with Crippen LogP contribution < -0.4 is 10.1 Å². The topological polar surface area (TPSA) is 71.0 Å². The van der Waals surface area contributed by atoms with E-state index in [0.717, 1.165) is 5.56 Å². The van der Waals surface area contributed by atoms with Crippen LogP contribution >= 0.6 is 0 Å². The first-order valence-corrected chi connectivity index (χ1v) is 6.45. The standard InChI is InChI=1S/C14H21NO4/c1-13(2,17)14(15-7-9-19-14)11-3-5-12(6-4-11)18-10-8-16/h3-6,15-17H,7-10H2,1-2H3. The Kier molecular flexibility index (Phi) is 4.10. The highest BCUT2D eigenvalue weighted by molar-refractivity contribution is 5.33. The minimum absolute atomic E-state index is 0.0139. The Morgan fingerprint density at radius 2 is 2.05 bits per heavy atom. The molecule has 0 aromatic heterocycles. The summed E-state index contributed by atoms with van der Waals surface area (Å²) < 4.78 is 11.1. The Labute approximate surface area is 113 Å². The second-order valence-electron chi connectivity index (χ2n) is 5.11. The molecule has 0 radical (unpaired) electrons. The SMILES string of the molecule is CC(C)(O)C1(c2ccc(OCCO)cc2)NCCO1. The van der Waals surface area contributed by atoms with E-state index in [2.05, 4.69) is 5.32 Å². The fourth-order valence-electron chi connectivity index (χ4n) is 2.36. The fourth-order valence-corrected chi connectivity index (χ4v) is 2.36. The van der Waals surface area contributed by atoms with E-state index in [1.54, 1.807) is 13.8 Å². The molecule has 1 aromatic rings. The maximum absolute atomic E-state index is 10.4.